The van der Waals surface area contributed by atoms with Gasteiger partial charge in [0.05, 0.1) is 5.44 Å². The standard InChI is InChI=1S/C23H20NP/c1-4-18-7-12-21(13-8-18)25(22-14-9-19(5-2)10-15-22)23-16-11-20(6-3)17-24-23/h4-17H,1-3H2. The van der Waals surface area contributed by atoms with Crippen LogP contribution in [0.4, 0.5) is 0 Å². The van der Waals surface area contributed by atoms with Gasteiger partial charge in [-0.2, -0.15) is 0 Å². The summed E-state index contributed by atoms with van der Waals surface area (Å²) in [5.41, 5.74) is 4.35. The molecule has 0 atom stereocenters. The molecular weight excluding hydrogens is 321 g/mol. The smallest absolute Gasteiger partial charge is 0.0721 e. The highest BCUT2D eigenvalue weighted by Crippen LogP contribution is 2.32. The molecule has 3 aromatic rings. The van der Waals surface area contributed by atoms with Gasteiger partial charge in [0, 0.05) is 14.1 Å². The Labute approximate surface area is 150 Å². The van der Waals surface area contributed by atoms with Gasteiger partial charge in [0.15, 0.2) is 0 Å². The number of nitrogens with zero attached hydrogens (tertiary/aromatic N) is 1. The van der Waals surface area contributed by atoms with Gasteiger partial charge < -0.3 is 0 Å². The molecule has 0 aliphatic carbocycles. The molecule has 0 amide bonds. The van der Waals surface area contributed by atoms with Gasteiger partial charge in [-0.05, 0) is 33.4 Å². The minimum Gasteiger partial charge on any atom is -0.255 e. The number of hydrogen-bond donors (Lipinski definition) is 0. The highest BCUT2D eigenvalue weighted by Gasteiger charge is 2.17. The van der Waals surface area contributed by atoms with E-state index in [-0.39, 0.29) is 0 Å². The van der Waals surface area contributed by atoms with Gasteiger partial charge in [0.25, 0.3) is 0 Å². The molecule has 0 spiro atoms. The average molecular weight is 341 g/mol. The quantitative estimate of drug-likeness (QED) is 0.589. The fraction of sp³-hybridized carbons (Fsp3) is 0. The maximum absolute atomic E-state index is 4.71. The molecule has 2 heteroatoms. The summed E-state index contributed by atoms with van der Waals surface area (Å²) in [4.78, 5) is 4.71. The van der Waals surface area contributed by atoms with Crippen LogP contribution in [0.15, 0.2) is 86.6 Å². The lowest BCUT2D eigenvalue weighted by atomic mass is 10.2. The van der Waals surface area contributed by atoms with Crippen LogP contribution in [-0.4, -0.2) is 4.98 Å². The first-order chi connectivity index (χ1) is 12.2. The molecule has 0 aliphatic rings. The zero-order valence-corrected chi connectivity index (χ0v) is 15.0. The summed E-state index contributed by atoms with van der Waals surface area (Å²) >= 11 is 0. The molecule has 0 aliphatic heterocycles. The second-order valence-corrected chi connectivity index (χ2v) is 7.74. The molecule has 0 saturated heterocycles. The van der Waals surface area contributed by atoms with Crippen LogP contribution in [0, 0.1) is 0 Å². The Morgan fingerprint density at radius 2 is 1.04 bits per heavy atom. The average Bonchev–Trinajstić information content (AvgIpc) is 2.70. The number of rotatable bonds is 6. The molecule has 0 radical (unpaired) electrons. The third kappa shape index (κ3) is 3.84. The normalized spacial score (nSPS) is 10.4. The third-order valence-electron chi connectivity index (χ3n) is 4.01. The van der Waals surface area contributed by atoms with E-state index < -0.39 is 7.92 Å². The van der Waals surface area contributed by atoms with E-state index in [2.05, 4.69) is 80.4 Å². The van der Waals surface area contributed by atoms with Crippen molar-refractivity contribution in [3.8, 4) is 0 Å². The maximum Gasteiger partial charge on any atom is 0.0721 e. The summed E-state index contributed by atoms with van der Waals surface area (Å²) in [6.07, 6.45) is 7.43. The van der Waals surface area contributed by atoms with Crippen LogP contribution in [0.1, 0.15) is 16.7 Å². The second-order valence-electron chi connectivity index (χ2n) is 5.58. The molecule has 122 valence electrons. The predicted octanol–water partition coefficient (Wildman–Crippen LogP) is 4.77. The van der Waals surface area contributed by atoms with Crippen molar-refractivity contribution in [2.24, 2.45) is 0 Å². The van der Waals surface area contributed by atoms with Crippen molar-refractivity contribution in [2.75, 3.05) is 0 Å². The summed E-state index contributed by atoms with van der Waals surface area (Å²) in [5.74, 6) is 0. The number of hydrogen-bond acceptors (Lipinski definition) is 1. The topological polar surface area (TPSA) is 12.9 Å². The zero-order valence-electron chi connectivity index (χ0n) is 14.1. The van der Waals surface area contributed by atoms with E-state index in [1.165, 1.54) is 10.6 Å². The molecular formula is C23H20NP. The molecule has 0 fully saturated rings. The van der Waals surface area contributed by atoms with Crippen LogP contribution >= 0.6 is 7.92 Å². The summed E-state index contributed by atoms with van der Waals surface area (Å²) in [5, 5.41) is 2.54. The highest BCUT2D eigenvalue weighted by atomic mass is 31.1. The van der Waals surface area contributed by atoms with Crippen LogP contribution < -0.4 is 16.0 Å². The minimum absolute atomic E-state index is 0.712. The van der Waals surface area contributed by atoms with Crippen molar-refractivity contribution in [2.45, 2.75) is 0 Å². The molecule has 0 unspecified atom stereocenters. The minimum atomic E-state index is -0.712. The molecule has 2 aromatic carbocycles. The first-order valence-electron chi connectivity index (χ1n) is 8.09. The lowest BCUT2D eigenvalue weighted by molar-refractivity contribution is 1.37. The van der Waals surface area contributed by atoms with Gasteiger partial charge >= 0.3 is 0 Å². The summed E-state index contributed by atoms with van der Waals surface area (Å²) in [7, 11) is -0.712. The molecule has 25 heavy (non-hydrogen) atoms. The molecule has 1 aromatic heterocycles. The molecule has 1 heterocycles. The van der Waals surface area contributed by atoms with Crippen molar-refractivity contribution in [3.05, 3.63) is 103 Å². The second kappa shape index (κ2) is 7.88. The maximum atomic E-state index is 4.71. The van der Waals surface area contributed by atoms with E-state index in [0.717, 1.165) is 22.1 Å². The van der Waals surface area contributed by atoms with Crippen LogP contribution in [0.5, 0.6) is 0 Å². The van der Waals surface area contributed by atoms with Crippen LogP contribution in [0.2, 0.25) is 0 Å². The Morgan fingerprint density at radius 3 is 1.40 bits per heavy atom. The fourth-order valence-electron chi connectivity index (χ4n) is 2.58. The largest absolute Gasteiger partial charge is 0.255 e. The fourth-order valence-corrected chi connectivity index (χ4v) is 4.70. The monoisotopic (exact) mass is 341 g/mol. The van der Waals surface area contributed by atoms with Gasteiger partial charge in [-0.3, -0.25) is 4.98 Å². The first kappa shape index (κ1) is 17.1. The third-order valence-corrected chi connectivity index (χ3v) is 6.36. The van der Waals surface area contributed by atoms with E-state index >= 15 is 0 Å². The van der Waals surface area contributed by atoms with Gasteiger partial charge in [-0.25, -0.2) is 0 Å². The summed E-state index contributed by atoms with van der Waals surface area (Å²) < 4.78 is 0. The van der Waals surface area contributed by atoms with Crippen LogP contribution in [-0.2, 0) is 0 Å². The molecule has 1 nitrogen and oxygen atoms in total. The van der Waals surface area contributed by atoms with E-state index in [4.69, 9.17) is 4.98 Å². The van der Waals surface area contributed by atoms with Gasteiger partial charge in [-0.1, -0.05) is 92.6 Å². The zero-order chi connectivity index (χ0) is 17.6. The lowest BCUT2D eigenvalue weighted by Gasteiger charge is -2.19. The Morgan fingerprint density at radius 1 is 0.600 bits per heavy atom. The number of benzene rings is 2. The van der Waals surface area contributed by atoms with Crippen molar-refractivity contribution >= 4 is 42.2 Å². The number of pyridine rings is 1. The Balaban J connectivity index is 2.09. The molecule has 0 bridgehead atoms. The van der Waals surface area contributed by atoms with Gasteiger partial charge in [0.2, 0.25) is 0 Å². The SMILES string of the molecule is C=Cc1ccc(P(c2ccc(C=C)cc2)c2ccc(C=C)cn2)cc1. The van der Waals surface area contributed by atoms with Crippen LogP contribution in [0.25, 0.3) is 18.2 Å². The van der Waals surface area contributed by atoms with Crippen molar-refractivity contribution in [3.63, 3.8) is 0 Å². The first-order valence-corrected chi connectivity index (χ1v) is 9.43. The van der Waals surface area contributed by atoms with E-state index in [0.29, 0.717) is 0 Å². The summed E-state index contributed by atoms with van der Waals surface area (Å²) in [6, 6.07) is 21.3. The highest BCUT2D eigenvalue weighted by molar-refractivity contribution is 7.79. The van der Waals surface area contributed by atoms with Gasteiger partial charge in [-0.15, -0.1) is 0 Å². The molecule has 0 N–H and O–H groups in total. The number of aromatic nitrogens is 1. The van der Waals surface area contributed by atoms with E-state index in [9.17, 15) is 0 Å². The van der Waals surface area contributed by atoms with Gasteiger partial charge in [0.1, 0.15) is 0 Å². The van der Waals surface area contributed by atoms with Crippen molar-refractivity contribution in [1.82, 2.24) is 4.98 Å². The molecule has 0 saturated carbocycles. The van der Waals surface area contributed by atoms with E-state index in [1.807, 2.05) is 24.4 Å². The van der Waals surface area contributed by atoms with Crippen molar-refractivity contribution in [1.29, 1.82) is 0 Å². The Kier molecular flexibility index (Phi) is 5.38. The Hall–Kier alpha value is -2.76. The van der Waals surface area contributed by atoms with Crippen LogP contribution in [0.3, 0.4) is 0 Å². The Bertz CT molecular complexity index is 752. The lowest BCUT2D eigenvalue weighted by Crippen LogP contribution is -2.22. The summed E-state index contributed by atoms with van der Waals surface area (Å²) in [6.45, 7) is 11.5. The molecule has 3 rings (SSSR count). The predicted molar refractivity (Wildman–Crippen MR) is 113 cm³/mol. The van der Waals surface area contributed by atoms with Crippen molar-refractivity contribution < 1.29 is 0 Å². The van der Waals surface area contributed by atoms with E-state index in [1.54, 1.807) is 0 Å².